The van der Waals surface area contributed by atoms with E-state index in [1.807, 2.05) is 6.92 Å². The van der Waals surface area contributed by atoms with Gasteiger partial charge in [-0.25, -0.2) is 9.59 Å². The van der Waals surface area contributed by atoms with Crippen molar-refractivity contribution in [1.82, 2.24) is 0 Å². The lowest BCUT2D eigenvalue weighted by atomic mass is 9.48. The predicted molar refractivity (Wildman–Crippen MR) is 158 cm³/mol. The Kier molecular flexibility index (Phi) is 7.34. The van der Waals surface area contributed by atoms with Crippen LogP contribution in [0, 0.1) is 42.9 Å². The minimum atomic E-state index is -0.851. The number of nitro groups is 2. The molecule has 0 N–H and O–H groups in total. The maximum absolute atomic E-state index is 13.1. The van der Waals surface area contributed by atoms with E-state index in [2.05, 4.69) is 19.9 Å². The van der Waals surface area contributed by atoms with Gasteiger partial charge in [0, 0.05) is 36.1 Å². The number of benzene rings is 2. The monoisotopic (exact) mass is 604 g/mol. The number of carbonyl (C=O) groups excluding carboxylic acids is 2. The molecule has 3 aliphatic carbocycles. The fourth-order valence-electron chi connectivity index (χ4n) is 8.25. The van der Waals surface area contributed by atoms with Crippen LogP contribution in [0.2, 0.25) is 0 Å². The van der Waals surface area contributed by atoms with Gasteiger partial charge in [0.05, 0.1) is 33.7 Å². The first-order valence-corrected chi connectivity index (χ1v) is 15.1. The van der Waals surface area contributed by atoms with Gasteiger partial charge in [0.25, 0.3) is 11.4 Å². The molecule has 0 spiro atoms. The number of hydrogen-bond donors (Lipinski definition) is 0. The zero-order valence-corrected chi connectivity index (χ0v) is 25.0. The van der Waals surface area contributed by atoms with Gasteiger partial charge < -0.3 is 14.2 Å². The molecule has 11 nitrogen and oxygen atoms in total. The number of nitrogens with zero attached hydrogens (tertiary/aromatic N) is 2. The first kappa shape index (κ1) is 29.9. The highest BCUT2D eigenvalue weighted by Gasteiger charge is 2.65. The molecule has 11 heteroatoms. The van der Waals surface area contributed by atoms with Gasteiger partial charge in [0.2, 0.25) is 0 Å². The Balaban J connectivity index is 1.14. The van der Waals surface area contributed by atoms with Crippen LogP contribution in [0.15, 0.2) is 60.2 Å². The van der Waals surface area contributed by atoms with Gasteiger partial charge in [0.15, 0.2) is 0 Å². The Morgan fingerprint density at radius 2 is 1.45 bits per heavy atom. The summed E-state index contributed by atoms with van der Waals surface area (Å²) in [5.41, 5.74) is 0.399. The SMILES string of the molecule is C[C@]12CC[C@H](OC(=O)c3ccc([N+](=O)[O-])cc3)CC1=CC[C@@H]1[C@H]2CC[C@@]2(C)[C@@H]1OC[C@]2(C)OC(=O)c1ccc([N+](=O)[O-])cc1. The highest BCUT2D eigenvalue weighted by molar-refractivity contribution is 5.90. The summed E-state index contributed by atoms with van der Waals surface area (Å²) in [4.78, 5) is 46.9. The van der Waals surface area contributed by atoms with Gasteiger partial charge in [-0.3, -0.25) is 20.2 Å². The lowest BCUT2D eigenvalue weighted by molar-refractivity contribution is -0.385. The third kappa shape index (κ3) is 4.87. The Labute approximate surface area is 254 Å². The second-order valence-corrected chi connectivity index (χ2v) is 13.3. The lowest BCUT2D eigenvalue weighted by Gasteiger charge is -2.57. The Hall–Kier alpha value is -4.12. The van der Waals surface area contributed by atoms with Crippen LogP contribution in [0.5, 0.6) is 0 Å². The normalized spacial score (nSPS) is 34.0. The summed E-state index contributed by atoms with van der Waals surface area (Å²) < 4.78 is 18.5. The largest absolute Gasteiger partial charge is 0.458 e. The molecule has 0 radical (unpaired) electrons. The summed E-state index contributed by atoms with van der Waals surface area (Å²) in [6.45, 7) is 6.69. The topological polar surface area (TPSA) is 148 Å². The van der Waals surface area contributed by atoms with Crippen molar-refractivity contribution in [2.75, 3.05) is 6.61 Å². The number of hydrogen-bond acceptors (Lipinski definition) is 9. The first-order chi connectivity index (χ1) is 20.8. The number of fused-ring (bicyclic) bond motifs is 5. The fourth-order valence-corrected chi connectivity index (χ4v) is 8.25. The van der Waals surface area contributed by atoms with Crippen molar-refractivity contribution in [2.45, 2.75) is 77.1 Å². The second kappa shape index (κ2) is 10.8. The second-order valence-electron chi connectivity index (χ2n) is 13.3. The van der Waals surface area contributed by atoms with E-state index < -0.39 is 32.8 Å². The molecule has 1 saturated heterocycles. The molecule has 2 aromatic carbocycles. The maximum Gasteiger partial charge on any atom is 0.338 e. The Morgan fingerprint density at radius 1 is 0.864 bits per heavy atom. The highest BCUT2D eigenvalue weighted by atomic mass is 16.6. The smallest absolute Gasteiger partial charge is 0.338 e. The minimum absolute atomic E-state index is 0.0572. The molecule has 0 amide bonds. The van der Waals surface area contributed by atoms with E-state index in [4.69, 9.17) is 14.2 Å². The van der Waals surface area contributed by atoms with Gasteiger partial charge in [-0.05, 0) is 80.5 Å². The molecular formula is C33H36N2O9. The van der Waals surface area contributed by atoms with E-state index in [-0.39, 0.29) is 47.1 Å². The third-order valence-corrected chi connectivity index (χ3v) is 11.1. The number of rotatable bonds is 6. The van der Waals surface area contributed by atoms with Crippen molar-refractivity contribution < 1.29 is 33.6 Å². The minimum Gasteiger partial charge on any atom is -0.458 e. The van der Waals surface area contributed by atoms with Gasteiger partial charge >= 0.3 is 11.9 Å². The number of allylic oxidation sites excluding steroid dienone is 1. The molecule has 7 atom stereocenters. The van der Waals surface area contributed by atoms with E-state index in [0.29, 0.717) is 17.9 Å². The summed E-state index contributed by atoms with van der Waals surface area (Å²) in [5, 5.41) is 21.9. The summed E-state index contributed by atoms with van der Waals surface area (Å²) >= 11 is 0. The fraction of sp³-hybridized carbons (Fsp3) is 0.515. The molecule has 4 aliphatic rings. The molecular weight excluding hydrogens is 568 g/mol. The number of esters is 2. The van der Waals surface area contributed by atoms with Crippen molar-refractivity contribution in [1.29, 1.82) is 0 Å². The molecule has 0 aromatic heterocycles. The molecule has 232 valence electrons. The number of non-ortho nitro benzene ring substituents is 2. The standard InChI is InChI=1S/C33H36N2O9/c1-31-16-14-25(43-29(36)20-4-9-23(10-5-20)34(38)39)18-22(31)8-13-26-27(31)15-17-32(2)28(26)42-19-33(32,3)44-30(37)21-6-11-24(12-7-21)35(40)41/h4-12,25-28H,13-19H2,1-3H3/t25-,26+,27+,28+,31-,32-,33-/m0/s1. The molecule has 2 aromatic rings. The van der Waals surface area contributed by atoms with Crippen LogP contribution in [-0.2, 0) is 14.2 Å². The van der Waals surface area contributed by atoms with Crippen LogP contribution in [0.3, 0.4) is 0 Å². The third-order valence-electron chi connectivity index (χ3n) is 11.1. The zero-order chi connectivity index (χ0) is 31.4. The van der Waals surface area contributed by atoms with Crippen LogP contribution >= 0.6 is 0 Å². The summed E-state index contributed by atoms with van der Waals surface area (Å²) in [7, 11) is 0. The molecule has 0 bridgehead atoms. The number of carbonyl (C=O) groups is 2. The Bertz CT molecular complexity index is 1540. The summed E-state index contributed by atoms with van der Waals surface area (Å²) in [6, 6.07) is 10.9. The average molecular weight is 605 g/mol. The summed E-state index contributed by atoms with van der Waals surface area (Å²) in [6.07, 6.45) is 6.79. The quantitative estimate of drug-likeness (QED) is 0.154. The van der Waals surface area contributed by atoms with E-state index in [1.54, 1.807) is 0 Å². The van der Waals surface area contributed by atoms with Gasteiger partial charge in [-0.2, -0.15) is 0 Å². The van der Waals surface area contributed by atoms with E-state index >= 15 is 0 Å². The van der Waals surface area contributed by atoms with Gasteiger partial charge in [-0.15, -0.1) is 0 Å². The molecule has 6 rings (SSSR count). The molecule has 1 heterocycles. The molecule has 2 saturated carbocycles. The Morgan fingerprint density at radius 3 is 2.05 bits per heavy atom. The van der Waals surface area contributed by atoms with E-state index in [1.165, 1.54) is 54.1 Å². The number of nitro benzene ring substituents is 2. The average Bonchev–Trinajstić information content (AvgIpc) is 3.27. The van der Waals surface area contributed by atoms with Gasteiger partial charge in [-0.1, -0.05) is 25.5 Å². The maximum atomic E-state index is 13.1. The van der Waals surface area contributed by atoms with Crippen LogP contribution < -0.4 is 0 Å². The first-order valence-electron chi connectivity index (χ1n) is 15.1. The van der Waals surface area contributed by atoms with Crippen molar-refractivity contribution in [3.05, 3.63) is 91.5 Å². The van der Waals surface area contributed by atoms with E-state index in [9.17, 15) is 29.8 Å². The highest BCUT2D eigenvalue weighted by Crippen LogP contribution is 2.64. The van der Waals surface area contributed by atoms with Crippen LogP contribution in [0.25, 0.3) is 0 Å². The predicted octanol–water partition coefficient (Wildman–Crippen LogP) is 6.60. The number of ether oxygens (including phenoxy) is 3. The van der Waals surface area contributed by atoms with Crippen LogP contribution in [-0.4, -0.2) is 46.2 Å². The summed E-state index contributed by atoms with van der Waals surface area (Å²) in [5.74, 6) is -0.367. The van der Waals surface area contributed by atoms with Crippen molar-refractivity contribution in [3.8, 4) is 0 Å². The van der Waals surface area contributed by atoms with Gasteiger partial charge in [0.1, 0.15) is 11.7 Å². The van der Waals surface area contributed by atoms with Crippen LogP contribution in [0.1, 0.15) is 80.0 Å². The van der Waals surface area contributed by atoms with Crippen LogP contribution in [0.4, 0.5) is 11.4 Å². The molecule has 0 unspecified atom stereocenters. The van der Waals surface area contributed by atoms with Crippen molar-refractivity contribution in [3.63, 3.8) is 0 Å². The molecule has 1 aliphatic heterocycles. The van der Waals surface area contributed by atoms with Crippen molar-refractivity contribution >= 4 is 23.3 Å². The molecule has 44 heavy (non-hydrogen) atoms. The van der Waals surface area contributed by atoms with E-state index in [0.717, 1.165) is 32.1 Å². The lowest BCUT2D eigenvalue weighted by Crippen LogP contribution is -2.57. The zero-order valence-electron chi connectivity index (χ0n) is 25.0. The molecule has 3 fully saturated rings. The van der Waals surface area contributed by atoms with Crippen molar-refractivity contribution in [2.24, 2.45) is 22.7 Å².